The Kier molecular flexibility index (Phi) is 6.93. The molecule has 0 aliphatic carbocycles. The average Bonchev–Trinajstić information content (AvgIpc) is 2.34. The van der Waals surface area contributed by atoms with Gasteiger partial charge in [0.15, 0.2) is 5.11 Å². The lowest BCUT2D eigenvalue weighted by Crippen LogP contribution is -2.30. The van der Waals surface area contributed by atoms with Crippen LogP contribution in [-0.2, 0) is 4.74 Å². The van der Waals surface area contributed by atoms with E-state index in [1.165, 1.54) is 6.07 Å². The second kappa shape index (κ2) is 8.24. The van der Waals surface area contributed by atoms with Crippen molar-refractivity contribution in [3.05, 3.63) is 29.0 Å². The Morgan fingerprint density at radius 2 is 2.28 bits per heavy atom. The van der Waals surface area contributed by atoms with Gasteiger partial charge in [0.25, 0.3) is 0 Å². The van der Waals surface area contributed by atoms with Gasteiger partial charge in [-0.3, -0.25) is 0 Å². The monoisotopic (exact) mass is 290 g/mol. The highest BCUT2D eigenvalue weighted by atomic mass is 35.5. The molecule has 1 aromatic rings. The molecule has 0 saturated carbocycles. The molecule has 0 aliphatic heterocycles. The van der Waals surface area contributed by atoms with Crippen molar-refractivity contribution >= 4 is 34.6 Å². The maximum atomic E-state index is 13.4. The summed E-state index contributed by atoms with van der Waals surface area (Å²) in [4.78, 5) is 0. The summed E-state index contributed by atoms with van der Waals surface area (Å²) in [6.45, 7) is 3.98. The summed E-state index contributed by atoms with van der Waals surface area (Å²) in [5.74, 6) is -0.430. The molecular weight excluding hydrogens is 275 g/mol. The maximum absolute atomic E-state index is 13.4. The van der Waals surface area contributed by atoms with Gasteiger partial charge in [0.05, 0.1) is 10.7 Å². The van der Waals surface area contributed by atoms with Crippen molar-refractivity contribution in [1.82, 2.24) is 5.32 Å². The number of ether oxygens (including phenoxy) is 1. The predicted octanol–water partition coefficient (Wildman–Crippen LogP) is 3.19. The first-order valence-electron chi connectivity index (χ1n) is 5.71. The van der Waals surface area contributed by atoms with Crippen molar-refractivity contribution in [2.45, 2.75) is 13.3 Å². The number of nitrogens with one attached hydrogen (secondary N) is 2. The van der Waals surface area contributed by atoms with Gasteiger partial charge in [-0.1, -0.05) is 17.7 Å². The minimum absolute atomic E-state index is 0.196. The first-order valence-corrected chi connectivity index (χ1v) is 6.50. The van der Waals surface area contributed by atoms with Crippen LogP contribution in [0, 0.1) is 5.82 Å². The highest BCUT2D eigenvalue weighted by Crippen LogP contribution is 2.24. The van der Waals surface area contributed by atoms with Crippen molar-refractivity contribution < 1.29 is 9.13 Å². The van der Waals surface area contributed by atoms with E-state index < -0.39 is 5.82 Å². The van der Waals surface area contributed by atoms with Crippen LogP contribution in [0.4, 0.5) is 10.1 Å². The Labute approximate surface area is 117 Å². The predicted molar refractivity (Wildman–Crippen MR) is 76.7 cm³/mol. The van der Waals surface area contributed by atoms with Gasteiger partial charge in [-0.25, -0.2) is 4.39 Å². The van der Waals surface area contributed by atoms with Crippen LogP contribution < -0.4 is 10.6 Å². The van der Waals surface area contributed by atoms with Crippen molar-refractivity contribution in [2.24, 2.45) is 0 Å². The van der Waals surface area contributed by atoms with Crippen molar-refractivity contribution in [3.63, 3.8) is 0 Å². The summed E-state index contributed by atoms with van der Waals surface area (Å²) in [7, 11) is 0. The molecule has 100 valence electrons. The largest absolute Gasteiger partial charge is 0.382 e. The molecule has 1 aromatic carbocycles. The van der Waals surface area contributed by atoms with Gasteiger partial charge in [-0.2, -0.15) is 0 Å². The summed E-state index contributed by atoms with van der Waals surface area (Å²) < 4.78 is 18.6. The lowest BCUT2D eigenvalue weighted by molar-refractivity contribution is 0.146. The van der Waals surface area contributed by atoms with E-state index in [0.717, 1.165) is 6.42 Å². The van der Waals surface area contributed by atoms with Crippen LogP contribution in [0.1, 0.15) is 13.3 Å². The van der Waals surface area contributed by atoms with E-state index in [-0.39, 0.29) is 5.69 Å². The third-order valence-electron chi connectivity index (χ3n) is 2.16. The van der Waals surface area contributed by atoms with Crippen LogP contribution >= 0.6 is 23.8 Å². The van der Waals surface area contributed by atoms with Crippen molar-refractivity contribution in [2.75, 3.05) is 25.1 Å². The molecule has 0 unspecified atom stereocenters. The summed E-state index contributed by atoms with van der Waals surface area (Å²) >= 11 is 10.9. The van der Waals surface area contributed by atoms with E-state index in [9.17, 15) is 4.39 Å². The fourth-order valence-corrected chi connectivity index (χ4v) is 1.71. The lowest BCUT2D eigenvalue weighted by Gasteiger charge is -2.12. The zero-order chi connectivity index (χ0) is 13.4. The van der Waals surface area contributed by atoms with Crippen molar-refractivity contribution in [1.29, 1.82) is 0 Å². The van der Waals surface area contributed by atoms with Crippen molar-refractivity contribution in [3.8, 4) is 0 Å². The molecule has 18 heavy (non-hydrogen) atoms. The smallest absolute Gasteiger partial charge is 0.170 e. The first kappa shape index (κ1) is 15.1. The third-order valence-corrected chi connectivity index (χ3v) is 2.72. The number of para-hydroxylation sites is 1. The Morgan fingerprint density at radius 3 is 2.94 bits per heavy atom. The first-order chi connectivity index (χ1) is 8.65. The van der Waals surface area contributed by atoms with Gasteiger partial charge in [0.1, 0.15) is 5.82 Å². The number of anilines is 1. The zero-order valence-corrected chi connectivity index (χ0v) is 11.7. The molecule has 0 aromatic heterocycles. The molecule has 2 N–H and O–H groups in total. The molecule has 0 spiro atoms. The molecule has 3 nitrogen and oxygen atoms in total. The number of benzene rings is 1. The van der Waals surface area contributed by atoms with Gasteiger partial charge < -0.3 is 15.4 Å². The van der Waals surface area contributed by atoms with Gasteiger partial charge in [-0.05, 0) is 37.7 Å². The molecular formula is C12H16ClFN2OS. The summed E-state index contributed by atoms with van der Waals surface area (Å²) in [5, 5.41) is 6.35. The fourth-order valence-electron chi connectivity index (χ4n) is 1.30. The third kappa shape index (κ3) is 5.16. The molecule has 0 amide bonds. The molecule has 0 fully saturated rings. The fraction of sp³-hybridized carbons (Fsp3) is 0.417. The van der Waals surface area contributed by atoms with E-state index in [1.54, 1.807) is 12.1 Å². The number of hydrogen-bond donors (Lipinski definition) is 2. The summed E-state index contributed by atoms with van der Waals surface area (Å²) in [6, 6.07) is 4.47. The molecule has 0 heterocycles. The molecule has 0 aliphatic rings. The number of hydrogen-bond acceptors (Lipinski definition) is 2. The Morgan fingerprint density at radius 1 is 1.50 bits per heavy atom. The van der Waals surface area contributed by atoms with Crippen LogP contribution in [0.15, 0.2) is 18.2 Å². The quantitative estimate of drug-likeness (QED) is 0.623. The minimum Gasteiger partial charge on any atom is -0.382 e. The number of rotatable bonds is 6. The van der Waals surface area contributed by atoms with Gasteiger partial charge in [0, 0.05) is 19.8 Å². The van der Waals surface area contributed by atoms with E-state index in [0.29, 0.717) is 29.9 Å². The van der Waals surface area contributed by atoms with Gasteiger partial charge >= 0.3 is 0 Å². The van der Waals surface area contributed by atoms with Gasteiger partial charge in [-0.15, -0.1) is 0 Å². The SMILES string of the molecule is CCOCCCNC(=S)Nc1c(F)cccc1Cl. The number of halogens is 2. The summed E-state index contributed by atoms with van der Waals surface area (Å²) in [6.07, 6.45) is 0.834. The van der Waals surface area contributed by atoms with Crippen LogP contribution in [0.3, 0.4) is 0 Å². The lowest BCUT2D eigenvalue weighted by atomic mass is 10.3. The molecule has 1 rings (SSSR count). The van der Waals surface area contributed by atoms with E-state index >= 15 is 0 Å². The Hall–Kier alpha value is -0.910. The number of thiocarbonyl (C=S) groups is 1. The van der Waals surface area contributed by atoms with Crippen LogP contribution in [0.2, 0.25) is 5.02 Å². The maximum Gasteiger partial charge on any atom is 0.170 e. The Balaban J connectivity index is 2.36. The highest BCUT2D eigenvalue weighted by Gasteiger charge is 2.07. The molecule has 0 bridgehead atoms. The minimum atomic E-state index is -0.430. The topological polar surface area (TPSA) is 33.3 Å². The van der Waals surface area contributed by atoms with E-state index in [2.05, 4.69) is 10.6 Å². The van der Waals surface area contributed by atoms with Crippen LogP contribution in [0.25, 0.3) is 0 Å². The highest BCUT2D eigenvalue weighted by molar-refractivity contribution is 7.80. The molecule has 0 saturated heterocycles. The zero-order valence-electron chi connectivity index (χ0n) is 10.1. The second-order valence-corrected chi connectivity index (χ2v) is 4.34. The standard InChI is InChI=1S/C12H16ClFN2OS/c1-2-17-8-4-7-15-12(18)16-11-9(13)5-3-6-10(11)14/h3,5-6H,2,4,7-8H2,1H3,(H2,15,16,18). The van der Waals surface area contributed by atoms with E-state index in [4.69, 9.17) is 28.6 Å². The molecule has 0 radical (unpaired) electrons. The molecule has 0 atom stereocenters. The van der Waals surface area contributed by atoms with Gasteiger partial charge in [0.2, 0.25) is 0 Å². The van der Waals surface area contributed by atoms with Crippen LogP contribution in [-0.4, -0.2) is 24.9 Å². The average molecular weight is 291 g/mol. The summed E-state index contributed by atoms with van der Waals surface area (Å²) in [5.41, 5.74) is 0.196. The second-order valence-electron chi connectivity index (χ2n) is 3.53. The molecule has 6 heteroatoms. The van der Waals surface area contributed by atoms with E-state index in [1.807, 2.05) is 6.92 Å². The van der Waals surface area contributed by atoms with Crippen LogP contribution in [0.5, 0.6) is 0 Å². The Bertz CT molecular complexity index is 383. The normalized spacial score (nSPS) is 10.2.